The van der Waals surface area contributed by atoms with Crippen LogP contribution in [0.4, 0.5) is 0 Å². The van der Waals surface area contributed by atoms with Crippen LogP contribution in [0.15, 0.2) is 52.4 Å². The van der Waals surface area contributed by atoms with Crippen LogP contribution in [-0.2, 0) is 10.0 Å². The highest BCUT2D eigenvalue weighted by molar-refractivity contribution is 7.89. The molecule has 0 aromatic carbocycles. The molecule has 2 aromatic rings. The first-order valence-corrected chi connectivity index (χ1v) is 6.89. The number of hydrogen-bond donors (Lipinski definition) is 0. The molecule has 0 aliphatic heterocycles. The third-order valence-corrected chi connectivity index (χ3v) is 4.68. The number of rotatable bonds is 4. The van der Waals surface area contributed by atoms with Crippen molar-refractivity contribution in [3.8, 4) is 0 Å². The van der Waals surface area contributed by atoms with Crippen molar-refractivity contribution in [1.82, 2.24) is 9.29 Å². The summed E-state index contributed by atoms with van der Waals surface area (Å²) in [5.74, 6) is 0. The van der Waals surface area contributed by atoms with Crippen molar-refractivity contribution in [2.75, 3.05) is 7.05 Å². The molecule has 2 heterocycles. The van der Waals surface area contributed by atoms with Gasteiger partial charge in [-0.05, 0) is 36.8 Å². The number of aromatic nitrogens is 1. The van der Waals surface area contributed by atoms with E-state index in [2.05, 4.69) is 4.98 Å². The second-order valence-corrected chi connectivity index (χ2v) is 5.84. The summed E-state index contributed by atoms with van der Waals surface area (Å²) in [5.41, 5.74) is 0.877. The first kappa shape index (κ1) is 12.8. The highest BCUT2D eigenvalue weighted by Gasteiger charge is 2.28. The Morgan fingerprint density at radius 3 is 2.50 bits per heavy atom. The molecule has 1 unspecified atom stereocenters. The van der Waals surface area contributed by atoms with Crippen molar-refractivity contribution in [2.24, 2.45) is 0 Å². The van der Waals surface area contributed by atoms with Crippen LogP contribution in [0.5, 0.6) is 0 Å². The maximum atomic E-state index is 12.2. The summed E-state index contributed by atoms with van der Waals surface area (Å²) in [6.07, 6.45) is 4.62. The molecule has 2 rings (SSSR count). The molecule has 1 atom stereocenters. The summed E-state index contributed by atoms with van der Waals surface area (Å²) in [6.45, 7) is 1.82. The van der Waals surface area contributed by atoms with E-state index in [9.17, 15) is 8.42 Å². The number of furan rings is 1. The van der Waals surface area contributed by atoms with Gasteiger partial charge < -0.3 is 4.42 Å². The molecule has 0 saturated carbocycles. The average molecular weight is 266 g/mol. The predicted octanol–water partition coefficient (Wildman–Crippen LogP) is 2.06. The van der Waals surface area contributed by atoms with E-state index in [1.807, 2.05) is 6.92 Å². The zero-order valence-electron chi connectivity index (χ0n) is 10.1. The highest BCUT2D eigenvalue weighted by Crippen LogP contribution is 2.25. The highest BCUT2D eigenvalue weighted by atomic mass is 32.2. The number of nitrogens with zero attached hydrogens (tertiary/aromatic N) is 2. The Kier molecular flexibility index (Phi) is 3.49. The van der Waals surface area contributed by atoms with E-state index in [4.69, 9.17) is 4.42 Å². The molecule has 0 aliphatic rings. The first-order chi connectivity index (χ1) is 8.53. The molecule has 6 heteroatoms. The van der Waals surface area contributed by atoms with Crippen molar-refractivity contribution in [3.05, 3.63) is 48.5 Å². The standard InChI is InChI=1S/C12H14N2O3S/c1-10(11-5-7-13-8-6-11)14(2)18(15,16)12-4-3-9-17-12/h3-10H,1-2H3. The Morgan fingerprint density at radius 2 is 1.94 bits per heavy atom. The lowest BCUT2D eigenvalue weighted by atomic mass is 10.1. The molecule has 0 N–H and O–H groups in total. The molecule has 0 amide bonds. The quantitative estimate of drug-likeness (QED) is 0.849. The molecule has 5 nitrogen and oxygen atoms in total. The van der Waals surface area contributed by atoms with Gasteiger partial charge in [-0.3, -0.25) is 4.98 Å². The summed E-state index contributed by atoms with van der Waals surface area (Å²) in [7, 11) is -2.07. The van der Waals surface area contributed by atoms with Gasteiger partial charge in [0, 0.05) is 25.5 Å². The summed E-state index contributed by atoms with van der Waals surface area (Å²) < 4.78 is 30.7. The van der Waals surface area contributed by atoms with Crippen molar-refractivity contribution < 1.29 is 12.8 Å². The minimum Gasteiger partial charge on any atom is -0.452 e. The molecule has 18 heavy (non-hydrogen) atoms. The topological polar surface area (TPSA) is 63.4 Å². The number of hydrogen-bond acceptors (Lipinski definition) is 4. The Hall–Kier alpha value is -1.66. The maximum absolute atomic E-state index is 12.2. The van der Waals surface area contributed by atoms with Crippen LogP contribution >= 0.6 is 0 Å². The van der Waals surface area contributed by atoms with E-state index >= 15 is 0 Å². The van der Waals surface area contributed by atoms with E-state index < -0.39 is 10.0 Å². The Balaban J connectivity index is 2.30. The number of sulfonamides is 1. The fourth-order valence-corrected chi connectivity index (χ4v) is 2.86. The lowest BCUT2D eigenvalue weighted by molar-refractivity contribution is 0.370. The summed E-state index contributed by atoms with van der Waals surface area (Å²) in [4.78, 5) is 3.91. The van der Waals surface area contributed by atoms with Gasteiger partial charge in [0.2, 0.25) is 5.09 Å². The second kappa shape index (κ2) is 4.91. The fourth-order valence-electron chi connectivity index (χ4n) is 1.61. The SMILES string of the molecule is CC(c1ccncc1)N(C)S(=O)(=O)c1ccco1. The molecule has 0 fully saturated rings. The van der Waals surface area contributed by atoms with Crippen molar-refractivity contribution >= 4 is 10.0 Å². The number of pyridine rings is 1. The van der Waals surface area contributed by atoms with Gasteiger partial charge in [0.1, 0.15) is 0 Å². The van der Waals surface area contributed by atoms with E-state index in [1.54, 1.807) is 30.6 Å². The fraction of sp³-hybridized carbons (Fsp3) is 0.250. The predicted molar refractivity (Wildman–Crippen MR) is 66.3 cm³/mol. The minimum absolute atomic E-state index is 0.0501. The van der Waals surface area contributed by atoms with E-state index in [-0.39, 0.29) is 11.1 Å². The van der Waals surface area contributed by atoms with Crippen LogP contribution in [-0.4, -0.2) is 24.8 Å². The molecule has 0 aliphatic carbocycles. The second-order valence-electron chi connectivity index (χ2n) is 3.91. The largest absolute Gasteiger partial charge is 0.452 e. The van der Waals surface area contributed by atoms with E-state index in [0.717, 1.165) is 5.56 Å². The van der Waals surface area contributed by atoms with Gasteiger partial charge in [-0.2, -0.15) is 4.31 Å². The third-order valence-electron chi connectivity index (χ3n) is 2.86. The molecule has 96 valence electrons. The average Bonchev–Trinajstić information content (AvgIpc) is 2.92. The van der Waals surface area contributed by atoms with Crippen LogP contribution in [0.25, 0.3) is 0 Å². The van der Waals surface area contributed by atoms with Crippen LogP contribution in [0.1, 0.15) is 18.5 Å². The zero-order valence-corrected chi connectivity index (χ0v) is 11.0. The Bertz CT molecular complexity index is 594. The van der Waals surface area contributed by atoms with Gasteiger partial charge in [0.25, 0.3) is 10.0 Å². The lowest BCUT2D eigenvalue weighted by Gasteiger charge is -2.23. The zero-order chi connectivity index (χ0) is 13.2. The van der Waals surface area contributed by atoms with Crippen LogP contribution < -0.4 is 0 Å². The van der Waals surface area contributed by atoms with Gasteiger partial charge in [-0.15, -0.1) is 0 Å². The van der Waals surface area contributed by atoms with Crippen LogP contribution in [0.3, 0.4) is 0 Å². The molecular weight excluding hydrogens is 252 g/mol. The van der Waals surface area contributed by atoms with Crippen molar-refractivity contribution in [3.63, 3.8) is 0 Å². The van der Waals surface area contributed by atoms with Gasteiger partial charge in [-0.25, -0.2) is 8.42 Å². The summed E-state index contributed by atoms with van der Waals surface area (Å²) in [6, 6.07) is 6.28. The van der Waals surface area contributed by atoms with Gasteiger partial charge in [0.15, 0.2) is 0 Å². The molecule has 0 saturated heterocycles. The molecule has 0 bridgehead atoms. The normalized spacial score (nSPS) is 13.7. The molecule has 0 spiro atoms. The lowest BCUT2D eigenvalue weighted by Crippen LogP contribution is -2.29. The van der Waals surface area contributed by atoms with Crippen molar-refractivity contribution in [2.45, 2.75) is 18.1 Å². The van der Waals surface area contributed by atoms with E-state index in [1.165, 1.54) is 23.7 Å². The third kappa shape index (κ3) is 2.30. The molecule has 0 radical (unpaired) electrons. The Labute approximate surface area is 106 Å². The van der Waals surface area contributed by atoms with Gasteiger partial charge in [-0.1, -0.05) is 0 Å². The van der Waals surface area contributed by atoms with E-state index in [0.29, 0.717) is 0 Å². The summed E-state index contributed by atoms with van der Waals surface area (Å²) in [5, 5.41) is -0.0501. The van der Waals surface area contributed by atoms with Gasteiger partial charge >= 0.3 is 0 Å². The minimum atomic E-state index is -3.60. The van der Waals surface area contributed by atoms with Gasteiger partial charge in [0.05, 0.1) is 6.26 Å². The van der Waals surface area contributed by atoms with Crippen LogP contribution in [0.2, 0.25) is 0 Å². The first-order valence-electron chi connectivity index (χ1n) is 5.45. The Morgan fingerprint density at radius 1 is 1.28 bits per heavy atom. The summed E-state index contributed by atoms with van der Waals surface area (Å²) >= 11 is 0. The monoisotopic (exact) mass is 266 g/mol. The molecular formula is C12H14N2O3S. The molecule has 2 aromatic heterocycles. The maximum Gasteiger partial charge on any atom is 0.276 e. The van der Waals surface area contributed by atoms with Crippen LogP contribution in [0, 0.1) is 0 Å². The van der Waals surface area contributed by atoms with Crippen molar-refractivity contribution in [1.29, 1.82) is 0 Å². The smallest absolute Gasteiger partial charge is 0.276 e.